The van der Waals surface area contributed by atoms with Crippen LogP contribution >= 0.6 is 11.6 Å². The Hall–Kier alpha value is -1.22. The van der Waals surface area contributed by atoms with Crippen molar-refractivity contribution >= 4 is 23.3 Å². The van der Waals surface area contributed by atoms with Crippen molar-refractivity contribution in [3.8, 4) is 0 Å². The average molecular weight is 263 g/mol. The Morgan fingerprint density at radius 1 is 1.39 bits per heavy atom. The molecule has 2 amide bonds. The molecule has 1 aromatic carbocycles. The van der Waals surface area contributed by atoms with Crippen molar-refractivity contribution in [2.45, 2.75) is 31.2 Å². The lowest BCUT2D eigenvalue weighted by molar-refractivity contribution is 0.133. The first-order chi connectivity index (χ1) is 8.72. The highest BCUT2D eigenvalue weighted by atomic mass is 35.5. The molecule has 2 aliphatic heterocycles. The van der Waals surface area contributed by atoms with E-state index in [4.69, 9.17) is 11.6 Å². The van der Waals surface area contributed by atoms with Gasteiger partial charge in [-0.1, -0.05) is 11.6 Å². The van der Waals surface area contributed by atoms with Gasteiger partial charge in [0.15, 0.2) is 0 Å². The van der Waals surface area contributed by atoms with Crippen molar-refractivity contribution in [3.63, 3.8) is 0 Å². The summed E-state index contributed by atoms with van der Waals surface area (Å²) in [6, 6.07) is 5.91. The van der Waals surface area contributed by atoms with Crippen LogP contribution in [0.1, 0.15) is 31.2 Å². The van der Waals surface area contributed by atoms with E-state index in [1.807, 2.05) is 23.1 Å². The standard InChI is InChI=1S/C14H15ClN2O/c15-10-4-5-12-11(8-10)14(9-2-3-9)6-1-7-17(14)13(18)16-12/h4-5,8-9H,1-3,6-7H2,(H,16,18). The number of benzene rings is 1. The van der Waals surface area contributed by atoms with Crippen molar-refractivity contribution in [1.82, 2.24) is 4.90 Å². The maximum Gasteiger partial charge on any atom is 0.322 e. The van der Waals surface area contributed by atoms with Crippen molar-refractivity contribution in [3.05, 3.63) is 28.8 Å². The summed E-state index contributed by atoms with van der Waals surface area (Å²) in [5.74, 6) is 0.628. The highest BCUT2D eigenvalue weighted by Gasteiger charge is 2.57. The van der Waals surface area contributed by atoms with Crippen LogP contribution in [0.2, 0.25) is 5.02 Å². The Morgan fingerprint density at radius 2 is 2.22 bits per heavy atom. The summed E-state index contributed by atoms with van der Waals surface area (Å²) in [6.07, 6.45) is 4.64. The quantitative estimate of drug-likeness (QED) is 0.824. The van der Waals surface area contributed by atoms with E-state index >= 15 is 0 Å². The zero-order chi connectivity index (χ0) is 12.3. The highest BCUT2D eigenvalue weighted by Crippen LogP contribution is 2.58. The molecule has 3 nitrogen and oxygen atoms in total. The number of rotatable bonds is 1. The van der Waals surface area contributed by atoms with Crippen LogP contribution in [-0.4, -0.2) is 17.5 Å². The van der Waals surface area contributed by atoms with E-state index in [-0.39, 0.29) is 11.6 Å². The van der Waals surface area contributed by atoms with E-state index in [0.717, 1.165) is 30.1 Å². The van der Waals surface area contributed by atoms with E-state index in [1.54, 1.807) is 0 Å². The summed E-state index contributed by atoms with van der Waals surface area (Å²) in [4.78, 5) is 14.3. The van der Waals surface area contributed by atoms with Gasteiger partial charge in [-0.2, -0.15) is 0 Å². The Balaban J connectivity index is 1.96. The predicted molar refractivity (Wildman–Crippen MR) is 70.8 cm³/mol. The minimum atomic E-state index is -0.0669. The molecule has 0 bridgehead atoms. The van der Waals surface area contributed by atoms with Crippen molar-refractivity contribution < 1.29 is 4.79 Å². The second-order valence-electron chi connectivity index (χ2n) is 5.57. The van der Waals surface area contributed by atoms with E-state index in [2.05, 4.69) is 5.32 Å². The summed E-state index contributed by atoms with van der Waals surface area (Å²) < 4.78 is 0. The van der Waals surface area contributed by atoms with Gasteiger partial charge < -0.3 is 10.2 Å². The first-order valence-electron chi connectivity index (χ1n) is 6.60. The van der Waals surface area contributed by atoms with Gasteiger partial charge in [-0.05, 0) is 49.8 Å². The first-order valence-corrected chi connectivity index (χ1v) is 6.98. The molecule has 1 saturated heterocycles. The van der Waals surface area contributed by atoms with Crippen LogP contribution in [0.15, 0.2) is 18.2 Å². The van der Waals surface area contributed by atoms with Gasteiger partial charge in [0, 0.05) is 22.8 Å². The molecule has 3 aliphatic rings. The number of nitrogens with zero attached hydrogens (tertiary/aromatic N) is 1. The molecule has 1 saturated carbocycles. The Morgan fingerprint density at radius 3 is 3.00 bits per heavy atom. The molecule has 4 rings (SSSR count). The van der Waals surface area contributed by atoms with Crippen LogP contribution in [-0.2, 0) is 5.54 Å². The van der Waals surface area contributed by atoms with Crippen molar-refractivity contribution in [2.75, 3.05) is 11.9 Å². The zero-order valence-electron chi connectivity index (χ0n) is 10.1. The third-order valence-corrected chi connectivity index (χ3v) is 4.84. The maximum atomic E-state index is 12.2. The highest BCUT2D eigenvalue weighted by molar-refractivity contribution is 6.30. The van der Waals surface area contributed by atoms with Gasteiger partial charge in [0.1, 0.15) is 0 Å². The van der Waals surface area contributed by atoms with Gasteiger partial charge in [-0.25, -0.2) is 4.79 Å². The summed E-state index contributed by atoms with van der Waals surface area (Å²) >= 11 is 6.16. The van der Waals surface area contributed by atoms with Crippen LogP contribution in [0.4, 0.5) is 10.5 Å². The van der Waals surface area contributed by atoms with E-state index in [9.17, 15) is 4.79 Å². The number of nitrogens with one attached hydrogen (secondary N) is 1. The molecule has 1 aliphatic carbocycles. The smallest absolute Gasteiger partial charge is 0.314 e. The number of amides is 2. The zero-order valence-corrected chi connectivity index (χ0v) is 10.8. The number of urea groups is 1. The summed E-state index contributed by atoms with van der Waals surface area (Å²) in [5, 5.41) is 3.76. The molecular weight excluding hydrogens is 248 g/mol. The Bertz CT molecular complexity index is 541. The number of anilines is 1. The predicted octanol–water partition coefficient (Wildman–Crippen LogP) is 3.59. The fourth-order valence-corrected chi connectivity index (χ4v) is 3.95. The molecule has 1 unspecified atom stereocenters. The molecule has 4 heteroatoms. The number of carbonyl (C=O) groups excluding carboxylic acids is 1. The van der Waals surface area contributed by atoms with Crippen LogP contribution in [0, 0.1) is 5.92 Å². The Kier molecular flexibility index (Phi) is 2.03. The Labute approximate surface area is 111 Å². The van der Waals surface area contributed by atoms with Gasteiger partial charge >= 0.3 is 6.03 Å². The third-order valence-electron chi connectivity index (χ3n) is 4.61. The van der Waals surface area contributed by atoms with Crippen molar-refractivity contribution in [2.24, 2.45) is 5.92 Å². The number of hydrogen-bond donors (Lipinski definition) is 1. The fraction of sp³-hybridized carbons (Fsp3) is 0.500. The van der Waals surface area contributed by atoms with Gasteiger partial charge in [0.05, 0.1) is 5.54 Å². The average Bonchev–Trinajstić information content (AvgIpc) is 3.10. The number of carbonyl (C=O) groups is 1. The van der Waals surface area contributed by atoms with Gasteiger partial charge in [-0.3, -0.25) is 0 Å². The lowest BCUT2D eigenvalue weighted by Crippen LogP contribution is -2.52. The number of halogens is 1. The van der Waals surface area contributed by atoms with Gasteiger partial charge in [-0.15, -0.1) is 0 Å². The summed E-state index contributed by atoms with van der Waals surface area (Å²) in [7, 11) is 0. The van der Waals surface area contributed by atoms with Gasteiger partial charge in [0.25, 0.3) is 0 Å². The van der Waals surface area contributed by atoms with Crippen LogP contribution in [0.25, 0.3) is 0 Å². The molecule has 1 aromatic rings. The van der Waals surface area contributed by atoms with E-state index in [1.165, 1.54) is 18.4 Å². The van der Waals surface area contributed by atoms with Crippen LogP contribution < -0.4 is 5.32 Å². The van der Waals surface area contributed by atoms with E-state index in [0.29, 0.717) is 5.92 Å². The lowest BCUT2D eigenvalue weighted by atomic mass is 9.80. The molecule has 0 radical (unpaired) electrons. The number of fused-ring (bicyclic) bond motifs is 3. The molecule has 0 aromatic heterocycles. The van der Waals surface area contributed by atoms with E-state index < -0.39 is 0 Å². The minimum absolute atomic E-state index is 0.0641. The maximum absolute atomic E-state index is 12.2. The minimum Gasteiger partial charge on any atom is -0.314 e. The molecule has 2 fully saturated rings. The molecule has 1 N–H and O–H groups in total. The molecule has 2 heterocycles. The van der Waals surface area contributed by atoms with Crippen LogP contribution in [0.3, 0.4) is 0 Å². The largest absolute Gasteiger partial charge is 0.322 e. The third kappa shape index (κ3) is 1.23. The monoisotopic (exact) mass is 262 g/mol. The first kappa shape index (κ1) is 10.7. The summed E-state index contributed by atoms with van der Waals surface area (Å²) in [5.41, 5.74) is 2.12. The lowest BCUT2D eigenvalue weighted by Gasteiger charge is -2.44. The molecule has 18 heavy (non-hydrogen) atoms. The SMILES string of the molecule is O=C1Nc2ccc(Cl)cc2C2(C3CC3)CCCN12. The molecular formula is C14H15ClN2O. The molecule has 0 spiro atoms. The topological polar surface area (TPSA) is 32.3 Å². The summed E-state index contributed by atoms with van der Waals surface area (Å²) in [6.45, 7) is 0.869. The fourth-order valence-electron chi connectivity index (χ4n) is 3.78. The second-order valence-corrected chi connectivity index (χ2v) is 6.01. The normalized spacial score (nSPS) is 29.8. The van der Waals surface area contributed by atoms with Crippen molar-refractivity contribution in [1.29, 1.82) is 0 Å². The second kappa shape index (κ2) is 3.41. The molecule has 94 valence electrons. The van der Waals surface area contributed by atoms with Crippen LogP contribution in [0.5, 0.6) is 0 Å². The molecule has 1 atom stereocenters. The number of hydrogen-bond acceptors (Lipinski definition) is 1. The van der Waals surface area contributed by atoms with Gasteiger partial charge in [0.2, 0.25) is 0 Å².